The molecule has 124 valence electrons. The molecule has 0 aromatic heterocycles. The van der Waals surface area contributed by atoms with Crippen LogP contribution in [-0.4, -0.2) is 49.3 Å². The number of sulfone groups is 1. The maximum Gasteiger partial charge on any atom is 0.320 e. The maximum absolute atomic E-state index is 12.8. The van der Waals surface area contributed by atoms with Crippen LogP contribution in [0, 0.1) is 5.82 Å². The van der Waals surface area contributed by atoms with Crippen LogP contribution < -0.4 is 0 Å². The molecule has 1 atom stereocenters. The van der Waals surface area contributed by atoms with Gasteiger partial charge in [0.25, 0.3) is 0 Å². The summed E-state index contributed by atoms with van der Waals surface area (Å²) in [7, 11) is -3.45. The summed E-state index contributed by atoms with van der Waals surface area (Å²) in [5.74, 6) is -1.40. The number of hydrogen-bond acceptors (Lipinski definition) is 4. The van der Waals surface area contributed by atoms with Gasteiger partial charge in [-0.3, -0.25) is 9.69 Å². The number of aliphatic carboxylic acids is 1. The van der Waals surface area contributed by atoms with Crippen molar-refractivity contribution in [2.75, 3.05) is 18.8 Å². The van der Waals surface area contributed by atoms with Crippen molar-refractivity contribution in [1.82, 2.24) is 4.90 Å². The van der Waals surface area contributed by atoms with Crippen LogP contribution in [0.15, 0.2) is 29.2 Å². The highest BCUT2D eigenvalue weighted by Gasteiger charge is 2.30. The fourth-order valence-electron chi connectivity index (χ4n) is 2.59. The Bertz CT molecular complexity index is 606. The average molecular weight is 352 g/mol. The summed E-state index contributed by atoms with van der Waals surface area (Å²) in [5, 5.41) is 9.05. The second-order valence-corrected chi connectivity index (χ2v) is 7.27. The molecule has 1 aromatic carbocycles. The van der Waals surface area contributed by atoms with E-state index in [1.807, 2.05) is 4.90 Å². The first-order valence-corrected chi connectivity index (χ1v) is 8.50. The van der Waals surface area contributed by atoms with E-state index < -0.39 is 27.7 Å². The molecule has 1 unspecified atom stereocenters. The number of carbonyl (C=O) groups is 1. The number of carboxylic acids is 1. The quantitative estimate of drug-likeness (QED) is 0.793. The third-order valence-electron chi connectivity index (χ3n) is 3.68. The second-order valence-electron chi connectivity index (χ2n) is 5.16. The Balaban J connectivity index is 0.00000242. The molecule has 2 rings (SSSR count). The van der Waals surface area contributed by atoms with Crippen LogP contribution in [0.4, 0.5) is 4.39 Å². The summed E-state index contributed by atoms with van der Waals surface area (Å²) in [6, 6.07) is 4.24. The van der Waals surface area contributed by atoms with Gasteiger partial charge in [0, 0.05) is 0 Å². The van der Waals surface area contributed by atoms with Gasteiger partial charge in [0.05, 0.1) is 10.6 Å². The van der Waals surface area contributed by atoms with Crippen LogP contribution in [0.1, 0.15) is 19.3 Å². The first kappa shape index (κ1) is 18.9. The third kappa shape index (κ3) is 4.66. The van der Waals surface area contributed by atoms with Crippen LogP contribution in [0.25, 0.3) is 0 Å². The maximum atomic E-state index is 12.8. The topological polar surface area (TPSA) is 74.7 Å². The van der Waals surface area contributed by atoms with Crippen molar-refractivity contribution in [3.8, 4) is 0 Å². The molecular formula is C14H19ClFNO4S. The summed E-state index contributed by atoms with van der Waals surface area (Å²) >= 11 is 0. The summed E-state index contributed by atoms with van der Waals surface area (Å²) in [4.78, 5) is 12.9. The van der Waals surface area contributed by atoms with Crippen molar-refractivity contribution >= 4 is 28.2 Å². The van der Waals surface area contributed by atoms with E-state index in [2.05, 4.69) is 0 Å². The van der Waals surface area contributed by atoms with Gasteiger partial charge in [0.2, 0.25) is 0 Å². The Labute approximate surface area is 135 Å². The van der Waals surface area contributed by atoms with E-state index in [9.17, 15) is 17.6 Å². The highest BCUT2D eigenvalue weighted by Crippen LogP contribution is 2.18. The van der Waals surface area contributed by atoms with Gasteiger partial charge < -0.3 is 5.11 Å². The minimum atomic E-state index is -3.45. The monoisotopic (exact) mass is 351 g/mol. The molecule has 0 radical (unpaired) electrons. The van der Waals surface area contributed by atoms with Crippen LogP contribution in [0.2, 0.25) is 0 Å². The van der Waals surface area contributed by atoms with Crippen LogP contribution in [-0.2, 0) is 14.6 Å². The largest absolute Gasteiger partial charge is 0.480 e. The zero-order chi connectivity index (χ0) is 15.5. The lowest BCUT2D eigenvalue weighted by molar-refractivity contribution is -0.142. The first-order valence-electron chi connectivity index (χ1n) is 6.85. The molecule has 1 heterocycles. The lowest BCUT2D eigenvalue weighted by Gasteiger charge is -2.20. The molecule has 1 saturated heterocycles. The van der Waals surface area contributed by atoms with E-state index in [1.165, 1.54) is 12.1 Å². The Morgan fingerprint density at radius 2 is 1.95 bits per heavy atom. The zero-order valence-electron chi connectivity index (χ0n) is 11.9. The second kappa shape index (κ2) is 7.89. The van der Waals surface area contributed by atoms with Crippen LogP contribution in [0.3, 0.4) is 0 Å². The van der Waals surface area contributed by atoms with Crippen LogP contribution in [0.5, 0.6) is 0 Å². The predicted molar refractivity (Wildman–Crippen MR) is 82.5 cm³/mol. The predicted octanol–water partition coefficient (Wildman–Crippen LogP) is 1.96. The molecule has 1 aromatic rings. The van der Waals surface area contributed by atoms with Gasteiger partial charge in [0.15, 0.2) is 9.84 Å². The number of halogens is 2. The fraction of sp³-hybridized carbons (Fsp3) is 0.500. The lowest BCUT2D eigenvalue weighted by Crippen LogP contribution is -2.37. The van der Waals surface area contributed by atoms with E-state index in [0.29, 0.717) is 25.9 Å². The number of carboxylic acid groups (broad SMARTS) is 1. The molecule has 1 aliphatic rings. The van der Waals surface area contributed by atoms with E-state index >= 15 is 0 Å². The summed E-state index contributed by atoms with van der Waals surface area (Å²) in [6.07, 6.45) is 1.80. The number of benzene rings is 1. The van der Waals surface area contributed by atoms with E-state index in [-0.39, 0.29) is 23.1 Å². The lowest BCUT2D eigenvalue weighted by atomic mass is 10.2. The smallest absolute Gasteiger partial charge is 0.320 e. The van der Waals surface area contributed by atoms with E-state index in [0.717, 1.165) is 18.6 Å². The molecule has 0 bridgehead atoms. The highest BCUT2D eigenvalue weighted by molar-refractivity contribution is 7.91. The van der Waals surface area contributed by atoms with Gasteiger partial charge >= 0.3 is 5.97 Å². The number of likely N-dealkylation sites (tertiary alicyclic amines) is 1. The van der Waals surface area contributed by atoms with Crippen molar-refractivity contribution in [2.45, 2.75) is 30.2 Å². The molecule has 5 nitrogen and oxygen atoms in total. The summed E-state index contributed by atoms with van der Waals surface area (Å²) in [6.45, 7) is 1.13. The van der Waals surface area contributed by atoms with Gasteiger partial charge in [0.1, 0.15) is 11.9 Å². The van der Waals surface area contributed by atoms with Crippen molar-refractivity contribution in [3.05, 3.63) is 30.1 Å². The standard InChI is InChI=1S/C14H18FNO4S.ClH/c15-11-4-6-12(7-5-11)21(19,20)10-2-9-16-8-1-3-13(16)14(17)18;/h4-7,13H,1-3,8-10H2,(H,17,18);1H. The normalized spacial score (nSPS) is 18.9. The summed E-state index contributed by atoms with van der Waals surface area (Å²) in [5.41, 5.74) is 0. The van der Waals surface area contributed by atoms with E-state index in [1.54, 1.807) is 0 Å². The summed E-state index contributed by atoms with van der Waals surface area (Å²) < 4.78 is 36.9. The first-order chi connectivity index (χ1) is 9.90. The van der Waals surface area contributed by atoms with Gasteiger partial charge in [-0.15, -0.1) is 12.4 Å². The Hall–Kier alpha value is -1.18. The Morgan fingerprint density at radius 3 is 2.55 bits per heavy atom. The molecule has 1 N–H and O–H groups in total. The number of hydrogen-bond donors (Lipinski definition) is 1. The van der Waals surface area contributed by atoms with Gasteiger partial charge in [-0.25, -0.2) is 12.8 Å². The molecule has 1 aliphatic heterocycles. The molecule has 22 heavy (non-hydrogen) atoms. The SMILES string of the molecule is Cl.O=C(O)C1CCCN1CCCS(=O)(=O)c1ccc(F)cc1. The molecular weight excluding hydrogens is 333 g/mol. The minimum absolute atomic E-state index is 0. The molecule has 0 saturated carbocycles. The van der Waals surface area contributed by atoms with Crippen molar-refractivity contribution in [1.29, 1.82) is 0 Å². The van der Waals surface area contributed by atoms with Crippen molar-refractivity contribution < 1.29 is 22.7 Å². The van der Waals surface area contributed by atoms with Gasteiger partial charge in [-0.2, -0.15) is 0 Å². The van der Waals surface area contributed by atoms with Crippen molar-refractivity contribution in [2.24, 2.45) is 0 Å². The average Bonchev–Trinajstić information content (AvgIpc) is 2.87. The fourth-order valence-corrected chi connectivity index (χ4v) is 3.89. The number of nitrogens with zero attached hydrogens (tertiary/aromatic N) is 1. The van der Waals surface area contributed by atoms with Crippen LogP contribution >= 0.6 is 12.4 Å². The number of rotatable bonds is 6. The molecule has 1 fully saturated rings. The van der Waals surface area contributed by atoms with Gasteiger partial charge in [-0.05, 0) is 56.6 Å². The molecule has 0 amide bonds. The zero-order valence-corrected chi connectivity index (χ0v) is 13.6. The molecule has 8 heteroatoms. The molecule has 0 aliphatic carbocycles. The van der Waals surface area contributed by atoms with Crippen molar-refractivity contribution in [3.63, 3.8) is 0 Å². The Morgan fingerprint density at radius 1 is 1.32 bits per heavy atom. The highest BCUT2D eigenvalue weighted by atomic mass is 35.5. The Kier molecular flexibility index (Phi) is 6.77. The van der Waals surface area contributed by atoms with E-state index in [4.69, 9.17) is 5.11 Å². The minimum Gasteiger partial charge on any atom is -0.480 e. The third-order valence-corrected chi connectivity index (χ3v) is 5.50. The van der Waals surface area contributed by atoms with Gasteiger partial charge in [-0.1, -0.05) is 0 Å². The molecule has 0 spiro atoms.